The highest BCUT2D eigenvalue weighted by Gasteiger charge is 2.11. The molecule has 0 saturated carbocycles. The van der Waals surface area contributed by atoms with Crippen LogP contribution in [0.25, 0.3) is 5.65 Å². The summed E-state index contributed by atoms with van der Waals surface area (Å²) in [5.41, 5.74) is 1.20. The van der Waals surface area contributed by atoms with Crippen molar-refractivity contribution in [2.75, 3.05) is 6.54 Å². The third kappa shape index (κ3) is 6.39. The summed E-state index contributed by atoms with van der Waals surface area (Å²) in [6.45, 7) is 0.124. The third-order valence-electron chi connectivity index (χ3n) is 3.79. The minimum absolute atomic E-state index is 0. The molecule has 156 valence electrons. The zero-order valence-corrected chi connectivity index (χ0v) is 18.6. The maximum Gasteiger partial charge on any atom is 0.387 e. The second-order valence-corrected chi connectivity index (χ2v) is 6.16. The Morgan fingerprint density at radius 2 is 2.07 bits per heavy atom. The molecule has 0 spiro atoms. The highest BCUT2D eigenvalue weighted by atomic mass is 127. The van der Waals surface area contributed by atoms with E-state index < -0.39 is 6.61 Å². The molecule has 0 fully saturated rings. The molecule has 0 radical (unpaired) electrons. The Morgan fingerprint density at radius 1 is 1.24 bits per heavy atom. The number of alkyl halides is 2. The van der Waals surface area contributed by atoms with Crippen molar-refractivity contribution < 1.29 is 13.5 Å². The lowest BCUT2D eigenvalue weighted by atomic mass is 10.2. The van der Waals surface area contributed by atoms with E-state index in [0.29, 0.717) is 35.5 Å². The number of fused-ring (bicyclic) bond motifs is 1. The number of benzene rings is 1. The molecule has 0 bridgehead atoms. The predicted molar refractivity (Wildman–Crippen MR) is 118 cm³/mol. The summed E-state index contributed by atoms with van der Waals surface area (Å²) in [4.78, 5) is 4.43. The number of pyridine rings is 1. The van der Waals surface area contributed by atoms with E-state index in [1.807, 2.05) is 35.7 Å². The molecule has 7 nitrogen and oxygen atoms in total. The van der Waals surface area contributed by atoms with Crippen LogP contribution in [0.1, 0.15) is 18.3 Å². The average Bonchev–Trinajstić information content (AvgIpc) is 3.09. The highest BCUT2D eigenvalue weighted by molar-refractivity contribution is 14.0. The van der Waals surface area contributed by atoms with Gasteiger partial charge in [0.25, 0.3) is 0 Å². The normalized spacial score (nSPS) is 11.4. The number of halogens is 4. The number of aromatic nitrogens is 3. The molecule has 0 atom stereocenters. The number of nitrogens with one attached hydrogen (secondary N) is 2. The van der Waals surface area contributed by atoms with E-state index in [0.717, 1.165) is 5.65 Å². The van der Waals surface area contributed by atoms with Gasteiger partial charge in [0, 0.05) is 23.3 Å². The third-order valence-corrected chi connectivity index (χ3v) is 4.02. The Labute approximate surface area is 188 Å². The van der Waals surface area contributed by atoms with Gasteiger partial charge < -0.3 is 15.4 Å². The fourth-order valence-corrected chi connectivity index (χ4v) is 2.76. The Balaban J connectivity index is 0.00000300. The molecule has 0 saturated heterocycles. The Kier molecular flexibility index (Phi) is 8.83. The molecule has 1 aromatic carbocycles. The summed E-state index contributed by atoms with van der Waals surface area (Å²) in [5.74, 6) is 1.26. The lowest BCUT2D eigenvalue weighted by molar-refractivity contribution is -0.0504. The van der Waals surface area contributed by atoms with Gasteiger partial charge in [-0.1, -0.05) is 17.7 Å². The maximum atomic E-state index is 12.6. The van der Waals surface area contributed by atoms with Gasteiger partial charge in [0.1, 0.15) is 5.75 Å². The molecule has 0 unspecified atom stereocenters. The molecule has 0 aliphatic rings. The van der Waals surface area contributed by atoms with E-state index in [4.69, 9.17) is 11.6 Å². The van der Waals surface area contributed by atoms with Crippen molar-refractivity contribution in [2.24, 2.45) is 4.99 Å². The highest BCUT2D eigenvalue weighted by Crippen LogP contribution is 2.25. The lowest BCUT2D eigenvalue weighted by Gasteiger charge is -2.12. The molecule has 29 heavy (non-hydrogen) atoms. The van der Waals surface area contributed by atoms with Crippen LogP contribution in [0.4, 0.5) is 8.78 Å². The number of aliphatic imine (C=N–C) groups is 1. The predicted octanol–water partition coefficient (Wildman–Crippen LogP) is 3.86. The van der Waals surface area contributed by atoms with Crippen molar-refractivity contribution in [1.29, 1.82) is 0 Å². The number of ether oxygens (including phenoxy) is 1. The SMILES string of the molecule is CCNC(=NCc1cc(Cl)ccc1OC(F)F)NCc1nnc2ccccn12.I. The number of hydrogen-bond donors (Lipinski definition) is 2. The van der Waals surface area contributed by atoms with E-state index in [9.17, 15) is 8.78 Å². The van der Waals surface area contributed by atoms with E-state index in [1.165, 1.54) is 12.1 Å². The van der Waals surface area contributed by atoms with Crippen LogP contribution in [0.2, 0.25) is 5.02 Å². The van der Waals surface area contributed by atoms with Gasteiger partial charge in [-0.3, -0.25) is 4.40 Å². The summed E-state index contributed by atoms with van der Waals surface area (Å²) < 4.78 is 31.6. The van der Waals surface area contributed by atoms with Gasteiger partial charge in [0.15, 0.2) is 17.4 Å². The smallest absolute Gasteiger partial charge is 0.387 e. The van der Waals surface area contributed by atoms with Crippen molar-refractivity contribution in [1.82, 2.24) is 25.2 Å². The summed E-state index contributed by atoms with van der Waals surface area (Å²) in [6.07, 6.45) is 1.87. The molecule has 2 aromatic heterocycles. The molecule has 0 amide bonds. The first-order chi connectivity index (χ1) is 13.6. The van der Waals surface area contributed by atoms with E-state index >= 15 is 0 Å². The molecule has 11 heteroatoms. The lowest BCUT2D eigenvalue weighted by Crippen LogP contribution is -2.37. The topological polar surface area (TPSA) is 75.8 Å². The van der Waals surface area contributed by atoms with E-state index in [2.05, 4.69) is 30.6 Å². The van der Waals surface area contributed by atoms with Crippen LogP contribution in [-0.2, 0) is 13.1 Å². The fourth-order valence-electron chi connectivity index (χ4n) is 2.56. The number of hydrogen-bond acceptors (Lipinski definition) is 4. The minimum Gasteiger partial charge on any atom is -0.434 e. The summed E-state index contributed by atoms with van der Waals surface area (Å²) in [7, 11) is 0. The van der Waals surface area contributed by atoms with Crippen LogP contribution in [0.15, 0.2) is 47.6 Å². The van der Waals surface area contributed by atoms with Crippen molar-refractivity contribution in [3.8, 4) is 5.75 Å². The van der Waals surface area contributed by atoms with Gasteiger partial charge in [-0.2, -0.15) is 8.78 Å². The van der Waals surface area contributed by atoms with Gasteiger partial charge in [-0.25, -0.2) is 4.99 Å². The van der Waals surface area contributed by atoms with Crippen LogP contribution < -0.4 is 15.4 Å². The fraction of sp³-hybridized carbons (Fsp3) is 0.278. The molecule has 0 aliphatic heterocycles. The van der Waals surface area contributed by atoms with E-state index in [-0.39, 0.29) is 36.3 Å². The Hall–Kier alpha value is -2.21. The Morgan fingerprint density at radius 3 is 2.83 bits per heavy atom. The van der Waals surface area contributed by atoms with Crippen LogP contribution in [0, 0.1) is 0 Å². The molecular formula is C18H20ClF2IN6O. The standard InChI is InChI=1S/C18H19ClF2N6O.HI/c1-2-22-18(24-11-16-26-25-15-5-3-4-8-27(15)16)23-10-12-9-13(19)6-7-14(12)28-17(20)21;/h3-9,17H,2,10-11H2,1H3,(H2,22,23,24);1H. The summed E-state index contributed by atoms with van der Waals surface area (Å²) >= 11 is 5.97. The van der Waals surface area contributed by atoms with Crippen molar-refractivity contribution in [3.05, 3.63) is 59.0 Å². The van der Waals surface area contributed by atoms with Crippen LogP contribution in [-0.4, -0.2) is 33.7 Å². The van der Waals surface area contributed by atoms with Crippen molar-refractivity contribution in [3.63, 3.8) is 0 Å². The van der Waals surface area contributed by atoms with Crippen LogP contribution >= 0.6 is 35.6 Å². The molecule has 3 rings (SSSR count). The first kappa shape index (κ1) is 23.1. The number of rotatable bonds is 7. The van der Waals surface area contributed by atoms with Gasteiger partial charge >= 0.3 is 6.61 Å². The second-order valence-electron chi connectivity index (χ2n) is 5.72. The summed E-state index contributed by atoms with van der Waals surface area (Å²) in [6, 6.07) is 10.1. The second kappa shape index (κ2) is 11.1. The minimum atomic E-state index is -2.92. The van der Waals surface area contributed by atoms with Crippen molar-refractivity contribution >= 4 is 47.2 Å². The molecular weight excluding hydrogens is 517 g/mol. The van der Waals surface area contributed by atoms with E-state index in [1.54, 1.807) is 6.07 Å². The first-order valence-corrected chi connectivity index (χ1v) is 8.98. The van der Waals surface area contributed by atoms with Gasteiger partial charge in [0.05, 0.1) is 13.1 Å². The maximum absolute atomic E-state index is 12.6. The van der Waals surface area contributed by atoms with Crippen molar-refractivity contribution in [2.45, 2.75) is 26.6 Å². The van der Waals surface area contributed by atoms with Crippen LogP contribution in [0.5, 0.6) is 5.75 Å². The van der Waals surface area contributed by atoms with Crippen LogP contribution in [0.3, 0.4) is 0 Å². The van der Waals surface area contributed by atoms with Gasteiger partial charge in [0.2, 0.25) is 0 Å². The molecule has 2 N–H and O–H groups in total. The first-order valence-electron chi connectivity index (χ1n) is 8.61. The number of nitrogens with zero attached hydrogens (tertiary/aromatic N) is 4. The zero-order chi connectivity index (χ0) is 19.9. The molecule has 3 aromatic rings. The number of guanidine groups is 1. The van der Waals surface area contributed by atoms with Gasteiger partial charge in [-0.05, 0) is 37.3 Å². The Bertz CT molecular complexity index is 968. The molecule has 0 aliphatic carbocycles. The monoisotopic (exact) mass is 536 g/mol. The molecule has 2 heterocycles. The largest absolute Gasteiger partial charge is 0.434 e. The summed E-state index contributed by atoms with van der Waals surface area (Å²) in [5, 5.41) is 14.9. The van der Waals surface area contributed by atoms with Gasteiger partial charge in [-0.15, -0.1) is 34.2 Å². The quantitative estimate of drug-likeness (QED) is 0.273. The average molecular weight is 537 g/mol. The zero-order valence-electron chi connectivity index (χ0n) is 15.5.